The summed E-state index contributed by atoms with van der Waals surface area (Å²) in [6.45, 7) is 0. The summed E-state index contributed by atoms with van der Waals surface area (Å²) in [7, 11) is -9.78. The smallest absolute Gasteiger partial charge is 0.871 e. The average molecular weight is 1090 g/mol. The maximum Gasteiger partial charge on any atom is 2.00 e. The summed E-state index contributed by atoms with van der Waals surface area (Å²) in [6, 6.07) is 51.6. The molecule has 0 unspecified atom stereocenters. The van der Waals surface area contributed by atoms with Gasteiger partial charge in [-0.25, -0.2) is 26.4 Å². The number of hydrogen-bond donors (Lipinski definition) is 0. The van der Waals surface area contributed by atoms with E-state index in [1.807, 2.05) is 24.3 Å². The summed E-state index contributed by atoms with van der Waals surface area (Å²) < 4.78 is 81.5. The predicted octanol–water partition coefficient (Wildman–Crippen LogP) is 5.22. The first-order valence-corrected chi connectivity index (χ1v) is 24.3. The summed E-state index contributed by atoms with van der Waals surface area (Å²) in [5.41, 5.74) is 0.812. The maximum absolute atomic E-state index is 12.8. The van der Waals surface area contributed by atoms with E-state index in [0.717, 1.165) is 22.9 Å². The molecular formula is C54H32CrN4Na2O12S2. The molecule has 16 nitrogen and oxygen atoms in total. The Labute approximate surface area is 483 Å². The Morgan fingerprint density at radius 2 is 0.667 bits per heavy atom. The molecule has 0 fully saturated rings. The van der Waals surface area contributed by atoms with Gasteiger partial charge in [-0.3, -0.25) is 0 Å². The molecule has 0 radical (unpaired) electrons. The van der Waals surface area contributed by atoms with Gasteiger partial charge in [-0.15, -0.1) is 10.2 Å². The number of rotatable bonds is 10. The Bertz CT molecular complexity index is 3820. The van der Waals surface area contributed by atoms with Gasteiger partial charge in [0.05, 0.1) is 32.3 Å². The van der Waals surface area contributed by atoms with Gasteiger partial charge in [0, 0.05) is 32.3 Å². The standard InChI is InChI=1S/2C27H18N2O6S.Cr.2Na/c2*30-22-16-24(36(32,33)34)20-12-6-7-13-21(20)25(22)28-29-26-19-11-5-4-8-17(19)14-15-23(26)35-27(31)18-9-2-1-3-10-18;;;/h2*1-16,30H,(H,32,33,34);;;/q;;+2;2*+1/p-4. The van der Waals surface area contributed by atoms with Gasteiger partial charge in [0.25, 0.3) is 0 Å². The number of esters is 2. The van der Waals surface area contributed by atoms with Crippen molar-refractivity contribution in [2.75, 3.05) is 0 Å². The van der Waals surface area contributed by atoms with E-state index in [1.165, 1.54) is 24.3 Å². The van der Waals surface area contributed by atoms with Crippen molar-refractivity contribution in [2.24, 2.45) is 20.5 Å². The van der Waals surface area contributed by atoms with Gasteiger partial charge in [0.1, 0.15) is 31.6 Å². The summed E-state index contributed by atoms with van der Waals surface area (Å²) in [5.74, 6) is -2.50. The minimum atomic E-state index is -4.89. The van der Waals surface area contributed by atoms with Crippen molar-refractivity contribution in [3.05, 3.63) is 205 Å². The number of azo groups is 2. The van der Waals surface area contributed by atoms with Crippen LogP contribution in [0.15, 0.2) is 224 Å². The minimum Gasteiger partial charge on any atom is -0.871 e. The van der Waals surface area contributed by atoms with Crippen molar-refractivity contribution >= 4 is 98.0 Å². The Hall–Kier alpha value is -6.67. The van der Waals surface area contributed by atoms with Crippen LogP contribution in [-0.2, 0) is 37.6 Å². The Morgan fingerprint density at radius 1 is 0.373 bits per heavy atom. The molecule has 0 aliphatic carbocycles. The molecule has 0 aliphatic heterocycles. The quantitative estimate of drug-likeness (QED) is 0.0562. The predicted molar refractivity (Wildman–Crippen MR) is 262 cm³/mol. The van der Waals surface area contributed by atoms with Crippen LogP contribution in [0, 0.1) is 0 Å². The molecule has 10 rings (SSSR count). The number of fused-ring (bicyclic) bond motifs is 4. The number of ether oxygens (including phenoxy) is 2. The Kier molecular flexibility index (Phi) is 19.0. The molecule has 0 saturated heterocycles. The van der Waals surface area contributed by atoms with Gasteiger partial charge in [0.2, 0.25) is 0 Å². The third kappa shape index (κ3) is 12.9. The molecule has 0 N–H and O–H groups in total. The van der Waals surface area contributed by atoms with Crippen molar-refractivity contribution in [1.82, 2.24) is 0 Å². The molecule has 0 aromatic heterocycles. The molecule has 0 spiro atoms. The fourth-order valence-corrected chi connectivity index (χ4v) is 9.13. The van der Waals surface area contributed by atoms with E-state index in [-0.39, 0.29) is 132 Å². The van der Waals surface area contributed by atoms with Gasteiger partial charge in [-0.05, 0) is 59.3 Å². The van der Waals surface area contributed by atoms with E-state index in [2.05, 4.69) is 20.5 Å². The molecule has 360 valence electrons. The topological polar surface area (TPSA) is 263 Å². The van der Waals surface area contributed by atoms with Crippen LogP contribution >= 0.6 is 0 Å². The largest absolute Gasteiger partial charge is 2.00 e. The maximum atomic E-state index is 12.8. The van der Waals surface area contributed by atoms with Crippen molar-refractivity contribution in [3.63, 3.8) is 0 Å². The van der Waals surface area contributed by atoms with Gasteiger partial charge in [-0.1, -0.05) is 157 Å². The van der Waals surface area contributed by atoms with Crippen LogP contribution in [0.4, 0.5) is 22.7 Å². The molecule has 75 heavy (non-hydrogen) atoms. The van der Waals surface area contributed by atoms with Crippen LogP contribution < -0.4 is 78.8 Å². The zero-order chi connectivity index (χ0) is 50.6. The third-order valence-corrected chi connectivity index (χ3v) is 12.8. The van der Waals surface area contributed by atoms with Crippen molar-refractivity contribution < 1.29 is 132 Å². The van der Waals surface area contributed by atoms with Gasteiger partial charge in [0.15, 0.2) is 11.5 Å². The van der Waals surface area contributed by atoms with Crippen molar-refractivity contribution in [2.45, 2.75) is 9.79 Å². The van der Waals surface area contributed by atoms with Crippen LogP contribution in [0.1, 0.15) is 20.7 Å². The third-order valence-electron chi connectivity index (χ3n) is 11.1. The van der Waals surface area contributed by atoms with E-state index in [1.54, 1.807) is 133 Å². The number of hydrogen-bond acceptors (Lipinski definition) is 16. The summed E-state index contributed by atoms with van der Waals surface area (Å²) in [5, 5.41) is 45.7. The van der Waals surface area contributed by atoms with E-state index < -0.39 is 53.5 Å². The van der Waals surface area contributed by atoms with Gasteiger partial charge >= 0.3 is 88.4 Å². The van der Waals surface area contributed by atoms with Gasteiger partial charge < -0.3 is 28.8 Å². The fourth-order valence-electron chi connectivity index (χ4n) is 7.73. The van der Waals surface area contributed by atoms with Crippen LogP contribution in [0.2, 0.25) is 0 Å². The van der Waals surface area contributed by atoms with Crippen LogP contribution in [0.5, 0.6) is 23.0 Å². The SMILES string of the molecule is O=C(Oc1ccc2ccccc2c1N=Nc1c([O-])cc(S(=O)(=O)[O-])c2ccccc12)c1ccccc1.O=C(Oc1ccc2ccccc2c1N=Nc1c([O-])cc(S(=O)(=O)[O-])c2ccccc12)c1ccccc1.[Cr+2].[Na+].[Na+]. The molecule has 10 aromatic carbocycles. The Balaban J connectivity index is 0.000000234. The average Bonchev–Trinajstić information content (AvgIpc) is 3.38. The van der Waals surface area contributed by atoms with Crippen LogP contribution in [-0.4, -0.2) is 37.9 Å². The molecule has 0 amide bonds. The second-order valence-electron chi connectivity index (χ2n) is 15.6. The summed E-state index contributed by atoms with van der Waals surface area (Å²) >= 11 is 0. The monoisotopic (exact) mass is 1090 g/mol. The van der Waals surface area contributed by atoms with Crippen molar-refractivity contribution in [3.8, 4) is 23.0 Å². The number of nitrogens with zero attached hydrogens (tertiary/aromatic N) is 4. The van der Waals surface area contributed by atoms with E-state index in [9.17, 15) is 45.7 Å². The zero-order valence-corrected chi connectivity index (χ0v) is 46.3. The molecular weight excluding hydrogens is 1060 g/mol. The molecule has 0 aliphatic rings. The number of carbonyl (C=O) groups excluding carboxylic acids is 2. The Morgan fingerprint density at radius 3 is 1.01 bits per heavy atom. The first kappa shape index (κ1) is 57.6. The molecule has 0 saturated carbocycles. The molecule has 21 heteroatoms. The number of carbonyl (C=O) groups is 2. The van der Waals surface area contributed by atoms with Crippen LogP contribution in [0.3, 0.4) is 0 Å². The summed E-state index contributed by atoms with van der Waals surface area (Å²) in [6.07, 6.45) is 0. The molecule has 0 atom stereocenters. The second kappa shape index (κ2) is 24.8. The van der Waals surface area contributed by atoms with E-state index in [0.29, 0.717) is 21.9 Å². The van der Waals surface area contributed by atoms with Gasteiger partial charge in [-0.2, -0.15) is 10.2 Å². The first-order chi connectivity index (χ1) is 34.7. The molecule has 0 bridgehead atoms. The molecule has 0 heterocycles. The van der Waals surface area contributed by atoms with Crippen LogP contribution in [0.25, 0.3) is 43.1 Å². The van der Waals surface area contributed by atoms with E-state index in [4.69, 9.17) is 9.47 Å². The first-order valence-electron chi connectivity index (χ1n) is 21.4. The van der Waals surface area contributed by atoms with Crippen molar-refractivity contribution in [1.29, 1.82) is 0 Å². The molecule has 10 aromatic rings. The van der Waals surface area contributed by atoms with E-state index >= 15 is 0 Å². The summed E-state index contributed by atoms with van der Waals surface area (Å²) in [4.78, 5) is 24.2. The number of benzene rings is 10. The zero-order valence-electron chi connectivity index (χ0n) is 39.4. The minimum absolute atomic E-state index is 0. The fraction of sp³-hybridized carbons (Fsp3) is 0. The normalized spacial score (nSPS) is 11.3. The second-order valence-corrected chi connectivity index (χ2v) is 18.3.